The Morgan fingerprint density at radius 1 is 1.60 bits per heavy atom. The molecular weight excluding hydrogens is 170 g/mol. The number of aromatic nitrogens is 1. The standard InChI is InChI=1S/C5H7NO2S2/c1-4-6-5(3-9-4)10(2,7)8/h3H,1-2H3. The summed E-state index contributed by atoms with van der Waals surface area (Å²) in [6.45, 7) is 1.78. The number of thiazole rings is 1. The first-order chi connectivity index (χ1) is 4.50. The summed E-state index contributed by atoms with van der Waals surface area (Å²) in [5.41, 5.74) is 0. The van der Waals surface area contributed by atoms with Crippen LogP contribution in [0.15, 0.2) is 10.4 Å². The van der Waals surface area contributed by atoms with Gasteiger partial charge in [0.15, 0.2) is 14.9 Å². The number of nitrogens with zero attached hydrogens (tertiary/aromatic N) is 1. The van der Waals surface area contributed by atoms with E-state index in [9.17, 15) is 8.42 Å². The third-order valence-electron chi connectivity index (χ3n) is 0.978. The molecule has 0 N–H and O–H groups in total. The van der Waals surface area contributed by atoms with Crippen molar-refractivity contribution in [3.8, 4) is 0 Å². The van der Waals surface area contributed by atoms with E-state index in [0.29, 0.717) is 0 Å². The Balaban J connectivity index is 3.21. The fraction of sp³-hybridized carbons (Fsp3) is 0.400. The van der Waals surface area contributed by atoms with Gasteiger partial charge in [0.25, 0.3) is 0 Å². The number of hydrogen-bond acceptors (Lipinski definition) is 4. The molecule has 0 atom stereocenters. The van der Waals surface area contributed by atoms with Crippen molar-refractivity contribution in [2.75, 3.05) is 6.26 Å². The van der Waals surface area contributed by atoms with Crippen LogP contribution in [0.25, 0.3) is 0 Å². The van der Waals surface area contributed by atoms with E-state index < -0.39 is 9.84 Å². The first-order valence-corrected chi connectivity index (χ1v) is 5.39. The Labute approximate surface area is 63.6 Å². The molecule has 5 heteroatoms. The average Bonchev–Trinajstić information content (AvgIpc) is 2.11. The molecule has 0 aliphatic rings. The first-order valence-electron chi connectivity index (χ1n) is 2.62. The number of aryl methyl sites for hydroxylation is 1. The second-order valence-electron chi connectivity index (χ2n) is 1.98. The molecule has 0 saturated heterocycles. The highest BCUT2D eigenvalue weighted by Gasteiger charge is 2.09. The topological polar surface area (TPSA) is 47.0 Å². The van der Waals surface area contributed by atoms with Gasteiger partial charge in [-0.2, -0.15) is 0 Å². The number of hydrogen-bond donors (Lipinski definition) is 0. The van der Waals surface area contributed by atoms with Gasteiger partial charge in [-0.15, -0.1) is 11.3 Å². The fourth-order valence-corrected chi connectivity index (χ4v) is 2.19. The van der Waals surface area contributed by atoms with E-state index in [-0.39, 0.29) is 5.03 Å². The summed E-state index contributed by atoms with van der Waals surface area (Å²) >= 11 is 1.34. The van der Waals surface area contributed by atoms with Crippen molar-refractivity contribution >= 4 is 21.2 Å². The van der Waals surface area contributed by atoms with Crippen molar-refractivity contribution in [3.05, 3.63) is 10.4 Å². The van der Waals surface area contributed by atoms with Crippen LogP contribution in [0.3, 0.4) is 0 Å². The third-order valence-corrected chi connectivity index (χ3v) is 2.87. The molecule has 0 spiro atoms. The van der Waals surface area contributed by atoms with Crippen LogP contribution in [-0.2, 0) is 9.84 Å². The van der Waals surface area contributed by atoms with Crippen LogP contribution in [0.1, 0.15) is 5.01 Å². The summed E-state index contributed by atoms with van der Waals surface area (Å²) in [5, 5.41) is 2.50. The van der Waals surface area contributed by atoms with Gasteiger partial charge in [-0.3, -0.25) is 0 Å². The summed E-state index contributed by atoms with van der Waals surface area (Å²) in [6, 6.07) is 0. The van der Waals surface area contributed by atoms with E-state index in [1.807, 2.05) is 0 Å². The molecule has 56 valence electrons. The van der Waals surface area contributed by atoms with Gasteiger partial charge in [-0.05, 0) is 6.92 Å². The molecule has 0 aliphatic heterocycles. The largest absolute Gasteiger partial charge is 0.230 e. The van der Waals surface area contributed by atoms with Crippen LogP contribution < -0.4 is 0 Å². The summed E-state index contributed by atoms with van der Waals surface area (Å²) in [4.78, 5) is 3.81. The lowest BCUT2D eigenvalue weighted by Crippen LogP contribution is -1.96. The van der Waals surface area contributed by atoms with E-state index >= 15 is 0 Å². The van der Waals surface area contributed by atoms with Gasteiger partial charge in [-0.1, -0.05) is 0 Å². The second-order valence-corrected chi connectivity index (χ2v) is 5.00. The van der Waals surface area contributed by atoms with E-state index in [0.717, 1.165) is 11.3 Å². The van der Waals surface area contributed by atoms with Gasteiger partial charge >= 0.3 is 0 Å². The highest BCUT2D eigenvalue weighted by molar-refractivity contribution is 7.90. The molecule has 0 radical (unpaired) electrons. The van der Waals surface area contributed by atoms with Crippen molar-refractivity contribution in [3.63, 3.8) is 0 Å². The Hall–Kier alpha value is -0.420. The predicted molar refractivity (Wildman–Crippen MR) is 40.0 cm³/mol. The molecule has 0 aliphatic carbocycles. The van der Waals surface area contributed by atoms with Crippen LogP contribution in [0.5, 0.6) is 0 Å². The molecule has 0 saturated carbocycles. The van der Waals surface area contributed by atoms with Crippen molar-refractivity contribution < 1.29 is 8.42 Å². The van der Waals surface area contributed by atoms with E-state index in [1.165, 1.54) is 11.3 Å². The summed E-state index contributed by atoms with van der Waals surface area (Å²) in [6.07, 6.45) is 1.15. The molecule has 1 aromatic heterocycles. The van der Waals surface area contributed by atoms with Crippen LogP contribution in [0.4, 0.5) is 0 Å². The van der Waals surface area contributed by atoms with Gasteiger partial charge in [0, 0.05) is 11.6 Å². The van der Waals surface area contributed by atoms with Crippen molar-refractivity contribution in [1.82, 2.24) is 4.98 Å². The minimum absolute atomic E-state index is 0.176. The molecule has 3 nitrogen and oxygen atoms in total. The SMILES string of the molecule is Cc1nc(S(C)(=O)=O)cs1. The van der Waals surface area contributed by atoms with E-state index in [4.69, 9.17) is 0 Å². The molecule has 0 fully saturated rings. The van der Waals surface area contributed by atoms with Crippen molar-refractivity contribution in [2.45, 2.75) is 11.9 Å². The van der Waals surface area contributed by atoms with E-state index in [1.54, 1.807) is 12.3 Å². The average molecular weight is 177 g/mol. The molecular formula is C5H7NO2S2. The minimum atomic E-state index is -3.08. The molecule has 0 aromatic carbocycles. The monoisotopic (exact) mass is 177 g/mol. The highest BCUT2D eigenvalue weighted by atomic mass is 32.2. The maximum absolute atomic E-state index is 10.8. The third kappa shape index (κ3) is 1.54. The Morgan fingerprint density at radius 3 is 2.40 bits per heavy atom. The summed E-state index contributed by atoms with van der Waals surface area (Å²) < 4.78 is 21.6. The van der Waals surface area contributed by atoms with Crippen LogP contribution in [-0.4, -0.2) is 19.7 Å². The number of rotatable bonds is 1. The van der Waals surface area contributed by atoms with Crippen LogP contribution >= 0.6 is 11.3 Å². The maximum Gasteiger partial charge on any atom is 0.193 e. The normalized spacial score (nSPS) is 11.8. The highest BCUT2D eigenvalue weighted by Crippen LogP contribution is 2.12. The van der Waals surface area contributed by atoms with Crippen molar-refractivity contribution in [1.29, 1.82) is 0 Å². The molecule has 0 unspecified atom stereocenters. The lowest BCUT2D eigenvalue weighted by Gasteiger charge is -1.86. The Bertz CT molecular complexity index is 325. The molecule has 0 bridgehead atoms. The lowest BCUT2D eigenvalue weighted by molar-refractivity contribution is 0.599. The van der Waals surface area contributed by atoms with Gasteiger partial charge in [-0.25, -0.2) is 13.4 Å². The van der Waals surface area contributed by atoms with Gasteiger partial charge in [0.05, 0.1) is 5.01 Å². The molecule has 1 heterocycles. The molecule has 0 amide bonds. The Kier molecular flexibility index (Phi) is 1.78. The summed E-state index contributed by atoms with van der Waals surface area (Å²) in [7, 11) is -3.08. The van der Waals surface area contributed by atoms with Gasteiger partial charge < -0.3 is 0 Å². The van der Waals surface area contributed by atoms with Gasteiger partial charge in [0.2, 0.25) is 0 Å². The zero-order chi connectivity index (χ0) is 7.78. The smallest absolute Gasteiger partial charge is 0.193 e. The summed E-state index contributed by atoms with van der Waals surface area (Å²) in [5.74, 6) is 0. The van der Waals surface area contributed by atoms with E-state index in [2.05, 4.69) is 4.98 Å². The molecule has 1 aromatic rings. The maximum atomic E-state index is 10.8. The van der Waals surface area contributed by atoms with Crippen molar-refractivity contribution in [2.24, 2.45) is 0 Å². The minimum Gasteiger partial charge on any atom is -0.230 e. The molecule has 10 heavy (non-hydrogen) atoms. The second kappa shape index (κ2) is 2.32. The fourth-order valence-electron chi connectivity index (χ4n) is 0.514. The van der Waals surface area contributed by atoms with Crippen LogP contribution in [0, 0.1) is 6.92 Å². The number of sulfone groups is 1. The van der Waals surface area contributed by atoms with Gasteiger partial charge in [0.1, 0.15) is 0 Å². The molecule has 1 rings (SSSR count). The first kappa shape index (κ1) is 7.68. The predicted octanol–water partition coefficient (Wildman–Crippen LogP) is 0.855. The van der Waals surface area contributed by atoms with Crippen LogP contribution in [0.2, 0.25) is 0 Å². The quantitative estimate of drug-likeness (QED) is 0.639. The Morgan fingerprint density at radius 2 is 2.20 bits per heavy atom. The lowest BCUT2D eigenvalue weighted by atomic mass is 10.8. The zero-order valence-electron chi connectivity index (χ0n) is 5.66. The zero-order valence-corrected chi connectivity index (χ0v) is 7.29.